The van der Waals surface area contributed by atoms with Crippen molar-refractivity contribution in [3.05, 3.63) is 35.9 Å². The zero-order valence-corrected chi connectivity index (χ0v) is 12.4. The first kappa shape index (κ1) is 14.9. The van der Waals surface area contributed by atoms with Crippen molar-refractivity contribution in [3.63, 3.8) is 0 Å². The highest BCUT2D eigenvalue weighted by Crippen LogP contribution is 2.34. The molecule has 0 bridgehead atoms. The summed E-state index contributed by atoms with van der Waals surface area (Å²) >= 11 is 0. The van der Waals surface area contributed by atoms with Crippen molar-refractivity contribution < 1.29 is 14.6 Å². The SMILES string of the molecule is CC(C)(C)OC(=O)N1CCC(CO)(c2ccccc2)C1. The fourth-order valence-electron chi connectivity index (χ4n) is 2.60. The van der Waals surface area contributed by atoms with E-state index in [1.807, 2.05) is 51.1 Å². The van der Waals surface area contributed by atoms with Gasteiger partial charge in [0.15, 0.2) is 0 Å². The van der Waals surface area contributed by atoms with E-state index in [9.17, 15) is 9.90 Å². The summed E-state index contributed by atoms with van der Waals surface area (Å²) in [5, 5.41) is 9.82. The van der Waals surface area contributed by atoms with Gasteiger partial charge in [-0.05, 0) is 32.8 Å². The van der Waals surface area contributed by atoms with Gasteiger partial charge in [-0.25, -0.2) is 4.79 Å². The Balaban J connectivity index is 2.12. The predicted octanol–water partition coefficient (Wildman–Crippen LogP) is 2.56. The van der Waals surface area contributed by atoms with E-state index < -0.39 is 5.60 Å². The third kappa shape index (κ3) is 3.12. The number of carbonyl (C=O) groups excluding carboxylic acids is 1. The Hall–Kier alpha value is -1.55. The summed E-state index contributed by atoms with van der Waals surface area (Å²) in [6.07, 6.45) is 0.455. The molecule has 0 radical (unpaired) electrons. The maximum Gasteiger partial charge on any atom is 0.410 e. The average molecular weight is 277 g/mol. The van der Waals surface area contributed by atoms with Crippen LogP contribution in [0.25, 0.3) is 0 Å². The topological polar surface area (TPSA) is 49.8 Å². The summed E-state index contributed by atoms with van der Waals surface area (Å²) in [6.45, 7) is 6.73. The van der Waals surface area contributed by atoms with Crippen LogP contribution < -0.4 is 0 Å². The number of carbonyl (C=O) groups is 1. The normalized spacial score (nSPS) is 22.9. The maximum atomic E-state index is 12.1. The molecule has 1 aliphatic heterocycles. The highest BCUT2D eigenvalue weighted by atomic mass is 16.6. The third-order valence-electron chi connectivity index (χ3n) is 3.69. The molecule has 1 unspecified atom stereocenters. The molecule has 0 aromatic heterocycles. The van der Waals surface area contributed by atoms with Gasteiger partial charge in [0.05, 0.1) is 6.61 Å². The van der Waals surface area contributed by atoms with Crippen LogP contribution in [-0.4, -0.2) is 41.4 Å². The number of aliphatic hydroxyl groups excluding tert-OH is 1. The van der Waals surface area contributed by atoms with E-state index in [0.717, 1.165) is 12.0 Å². The molecule has 1 heterocycles. The Labute approximate surface area is 120 Å². The zero-order chi connectivity index (χ0) is 14.8. The van der Waals surface area contributed by atoms with Crippen LogP contribution >= 0.6 is 0 Å². The molecule has 1 saturated heterocycles. The molecule has 0 spiro atoms. The maximum absolute atomic E-state index is 12.1. The van der Waals surface area contributed by atoms with Crippen LogP contribution in [0, 0.1) is 0 Å². The lowest BCUT2D eigenvalue weighted by molar-refractivity contribution is 0.0277. The summed E-state index contributed by atoms with van der Waals surface area (Å²) in [6, 6.07) is 9.89. The molecule has 1 atom stereocenters. The third-order valence-corrected chi connectivity index (χ3v) is 3.69. The van der Waals surface area contributed by atoms with Crippen LogP contribution in [0.2, 0.25) is 0 Å². The molecule has 4 heteroatoms. The molecule has 1 amide bonds. The van der Waals surface area contributed by atoms with Crippen molar-refractivity contribution in [2.45, 2.75) is 38.2 Å². The molecule has 20 heavy (non-hydrogen) atoms. The highest BCUT2D eigenvalue weighted by molar-refractivity contribution is 5.69. The Bertz CT molecular complexity index is 466. The Morgan fingerprint density at radius 2 is 2.00 bits per heavy atom. The standard InChI is InChI=1S/C16H23NO3/c1-15(2,3)20-14(19)17-10-9-16(11-17,12-18)13-7-5-4-6-8-13/h4-8,18H,9-12H2,1-3H3. The van der Waals surface area contributed by atoms with Crippen molar-refractivity contribution in [2.75, 3.05) is 19.7 Å². The number of hydrogen-bond acceptors (Lipinski definition) is 3. The highest BCUT2D eigenvalue weighted by Gasteiger charge is 2.42. The number of aliphatic hydroxyl groups is 1. The molecule has 1 aliphatic rings. The van der Waals surface area contributed by atoms with E-state index in [1.54, 1.807) is 4.90 Å². The first-order chi connectivity index (χ1) is 9.36. The number of ether oxygens (including phenoxy) is 1. The minimum Gasteiger partial charge on any atom is -0.444 e. The summed E-state index contributed by atoms with van der Waals surface area (Å²) in [7, 11) is 0. The van der Waals surface area contributed by atoms with E-state index in [1.165, 1.54) is 0 Å². The van der Waals surface area contributed by atoms with Gasteiger partial charge in [-0.1, -0.05) is 30.3 Å². The molecular formula is C16H23NO3. The molecule has 0 aliphatic carbocycles. The van der Waals surface area contributed by atoms with Crippen molar-refractivity contribution in [1.29, 1.82) is 0 Å². The summed E-state index contributed by atoms with van der Waals surface area (Å²) in [5.74, 6) is 0. The minimum atomic E-state index is -0.492. The molecule has 110 valence electrons. The van der Waals surface area contributed by atoms with Crippen LogP contribution in [0.15, 0.2) is 30.3 Å². The molecule has 1 aromatic carbocycles. The van der Waals surface area contributed by atoms with Gasteiger partial charge in [-0.3, -0.25) is 0 Å². The van der Waals surface area contributed by atoms with Crippen LogP contribution in [-0.2, 0) is 10.2 Å². The Morgan fingerprint density at radius 1 is 1.35 bits per heavy atom. The van der Waals surface area contributed by atoms with Gasteiger partial charge in [0.1, 0.15) is 5.60 Å². The first-order valence-corrected chi connectivity index (χ1v) is 7.01. The van der Waals surface area contributed by atoms with Crippen LogP contribution in [0.3, 0.4) is 0 Å². The average Bonchev–Trinajstić information content (AvgIpc) is 2.84. The van der Waals surface area contributed by atoms with Crippen LogP contribution in [0.5, 0.6) is 0 Å². The second kappa shape index (κ2) is 5.44. The number of nitrogens with zero attached hydrogens (tertiary/aromatic N) is 1. The van der Waals surface area contributed by atoms with Crippen molar-refractivity contribution in [1.82, 2.24) is 4.90 Å². The van der Waals surface area contributed by atoms with Gasteiger partial charge < -0.3 is 14.7 Å². The monoisotopic (exact) mass is 277 g/mol. The molecule has 0 saturated carbocycles. The molecular weight excluding hydrogens is 254 g/mol. The first-order valence-electron chi connectivity index (χ1n) is 7.01. The van der Waals surface area contributed by atoms with E-state index in [2.05, 4.69) is 0 Å². The second-order valence-electron chi connectivity index (χ2n) is 6.46. The van der Waals surface area contributed by atoms with Crippen LogP contribution in [0.4, 0.5) is 4.79 Å². The Morgan fingerprint density at radius 3 is 2.55 bits per heavy atom. The number of amides is 1. The zero-order valence-electron chi connectivity index (χ0n) is 12.4. The number of rotatable bonds is 2. The quantitative estimate of drug-likeness (QED) is 0.904. The molecule has 1 aromatic rings. The van der Waals surface area contributed by atoms with Gasteiger partial charge in [0.25, 0.3) is 0 Å². The second-order valence-corrected chi connectivity index (χ2v) is 6.46. The van der Waals surface area contributed by atoms with Crippen molar-refractivity contribution in [3.8, 4) is 0 Å². The number of hydrogen-bond donors (Lipinski definition) is 1. The lowest BCUT2D eigenvalue weighted by atomic mass is 9.80. The van der Waals surface area contributed by atoms with Crippen LogP contribution in [0.1, 0.15) is 32.8 Å². The van der Waals surface area contributed by atoms with E-state index in [-0.39, 0.29) is 18.1 Å². The molecule has 1 N–H and O–H groups in total. The summed E-state index contributed by atoms with van der Waals surface area (Å²) < 4.78 is 5.40. The predicted molar refractivity (Wildman–Crippen MR) is 77.6 cm³/mol. The molecule has 4 nitrogen and oxygen atoms in total. The smallest absolute Gasteiger partial charge is 0.410 e. The van der Waals surface area contributed by atoms with Gasteiger partial charge >= 0.3 is 6.09 Å². The van der Waals surface area contributed by atoms with Gasteiger partial charge in [0.2, 0.25) is 0 Å². The molecule has 1 fully saturated rings. The largest absolute Gasteiger partial charge is 0.444 e. The lowest BCUT2D eigenvalue weighted by Crippen LogP contribution is -2.39. The van der Waals surface area contributed by atoms with Gasteiger partial charge in [0, 0.05) is 18.5 Å². The summed E-state index contributed by atoms with van der Waals surface area (Å²) in [5.41, 5.74) is 0.223. The fraction of sp³-hybridized carbons (Fsp3) is 0.562. The fourth-order valence-corrected chi connectivity index (χ4v) is 2.60. The Kier molecular flexibility index (Phi) is 4.04. The number of benzene rings is 1. The van der Waals surface area contributed by atoms with Crippen molar-refractivity contribution >= 4 is 6.09 Å². The van der Waals surface area contributed by atoms with Gasteiger partial charge in [-0.2, -0.15) is 0 Å². The number of likely N-dealkylation sites (tertiary alicyclic amines) is 1. The lowest BCUT2D eigenvalue weighted by Gasteiger charge is -2.29. The van der Waals surface area contributed by atoms with Crippen molar-refractivity contribution in [2.24, 2.45) is 0 Å². The van der Waals surface area contributed by atoms with E-state index >= 15 is 0 Å². The summed E-state index contributed by atoms with van der Waals surface area (Å²) in [4.78, 5) is 13.8. The van der Waals surface area contributed by atoms with E-state index in [4.69, 9.17) is 4.74 Å². The van der Waals surface area contributed by atoms with E-state index in [0.29, 0.717) is 13.1 Å². The minimum absolute atomic E-state index is 0.0380. The van der Waals surface area contributed by atoms with Gasteiger partial charge in [-0.15, -0.1) is 0 Å². The molecule has 2 rings (SSSR count).